The normalized spacial score (nSPS) is 10.2. The fourth-order valence-electron chi connectivity index (χ4n) is 0.811. The number of nitrogens with zero attached hydrogens (tertiary/aromatic N) is 1. The summed E-state index contributed by atoms with van der Waals surface area (Å²) in [7, 11) is 0. The Morgan fingerprint density at radius 2 is 2.27 bits per heavy atom. The van der Waals surface area contributed by atoms with Gasteiger partial charge < -0.3 is 4.98 Å². The molecule has 1 heterocycles. The van der Waals surface area contributed by atoms with Crippen molar-refractivity contribution in [1.29, 1.82) is 0 Å². The van der Waals surface area contributed by atoms with E-state index in [1.165, 1.54) is 6.20 Å². The maximum absolute atomic E-state index is 3.88. The van der Waals surface area contributed by atoms with Crippen molar-refractivity contribution in [2.24, 2.45) is 4.99 Å². The number of H-pyrrole nitrogens is 1. The van der Waals surface area contributed by atoms with E-state index in [2.05, 4.69) is 23.1 Å². The van der Waals surface area contributed by atoms with Crippen molar-refractivity contribution < 1.29 is 0 Å². The van der Waals surface area contributed by atoms with Gasteiger partial charge in [0.25, 0.3) is 0 Å². The Morgan fingerprint density at radius 3 is 2.91 bits per heavy atom. The van der Waals surface area contributed by atoms with Crippen LogP contribution < -0.4 is 0 Å². The number of hydrogen-bond donors (Lipinski definition) is 1. The highest BCUT2D eigenvalue weighted by Gasteiger charge is 1.93. The van der Waals surface area contributed by atoms with Crippen molar-refractivity contribution in [3.63, 3.8) is 0 Å². The molecule has 1 aromatic heterocycles. The van der Waals surface area contributed by atoms with Gasteiger partial charge in [0.2, 0.25) is 0 Å². The van der Waals surface area contributed by atoms with Crippen LogP contribution in [0.3, 0.4) is 0 Å². The number of aliphatic imine (C=N–C) groups is 1. The topological polar surface area (TPSA) is 28.1 Å². The van der Waals surface area contributed by atoms with Crippen LogP contribution in [0.25, 0.3) is 6.08 Å². The van der Waals surface area contributed by atoms with Gasteiger partial charge in [-0.05, 0) is 6.07 Å². The molecule has 1 rings (SSSR count). The molecule has 1 aromatic rings. The van der Waals surface area contributed by atoms with Gasteiger partial charge in [-0.2, -0.15) is 0 Å². The van der Waals surface area contributed by atoms with Crippen LogP contribution in [0.2, 0.25) is 0 Å². The number of nitrogens with one attached hydrogen (secondary N) is 1. The SMILES string of the molecule is C=C/N=C\c1[nH]ccc1C=C. The van der Waals surface area contributed by atoms with Gasteiger partial charge in [0, 0.05) is 18.0 Å². The molecule has 0 aliphatic carbocycles. The van der Waals surface area contributed by atoms with Gasteiger partial charge in [0.15, 0.2) is 0 Å². The standard InChI is InChI=1S/C9H10N2/c1-3-8-5-6-11-9(8)7-10-4-2/h3-7,11H,1-2H2/b10-7-. The van der Waals surface area contributed by atoms with Crippen molar-refractivity contribution in [1.82, 2.24) is 4.98 Å². The Balaban J connectivity index is 2.92. The molecule has 2 heteroatoms. The zero-order valence-electron chi connectivity index (χ0n) is 6.25. The third-order valence-corrected chi connectivity index (χ3v) is 1.34. The van der Waals surface area contributed by atoms with E-state index >= 15 is 0 Å². The molecule has 11 heavy (non-hydrogen) atoms. The van der Waals surface area contributed by atoms with Gasteiger partial charge in [-0.3, -0.25) is 4.99 Å². The molecular weight excluding hydrogens is 136 g/mol. The third-order valence-electron chi connectivity index (χ3n) is 1.34. The van der Waals surface area contributed by atoms with E-state index < -0.39 is 0 Å². The van der Waals surface area contributed by atoms with E-state index in [0.29, 0.717) is 0 Å². The summed E-state index contributed by atoms with van der Waals surface area (Å²) in [6.07, 6.45) is 6.83. The molecule has 0 spiro atoms. The average molecular weight is 146 g/mol. The van der Waals surface area contributed by atoms with Crippen LogP contribution in [0, 0.1) is 0 Å². The molecule has 0 bridgehead atoms. The first-order valence-corrected chi connectivity index (χ1v) is 3.32. The molecule has 0 aliphatic heterocycles. The Kier molecular flexibility index (Phi) is 2.44. The third kappa shape index (κ3) is 1.67. The lowest BCUT2D eigenvalue weighted by atomic mass is 10.2. The van der Waals surface area contributed by atoms with Gasteiger partial charge >= 0.3 is 0 Å². The smallest absolute Gasteiger partial charge is 0.0639 e. The molecule has 0 atom stereocenters. The second-order valence-electron chi connectivity index (χ2n) is 2.01. The Morgan fingerprint density at radius 1 is 1.45 bits per heavy atom. The van der Waals surface area contributed by atoms with Gasteiger partial charge in [-0.1, -0.05) is 19.2 Å². The molecule has 0 fully saturated rings. The van der Waals surface area contributed by atoms with Crippen molar-refractivity contribution in [2.45, 2.75) is 0 Å². The summed E-state index contributed by atoms with van der Waals surface area (Å²) < 4.78 is 0. The Labute approximate surface area is 66.0 Å². The van der Waals surface area contributed by atoms with Gasteiger partial charge in [0.05, 0.1) is 11.9 Å². The van der Waals surface area contributed by atoms with Crippen LogP contribution in [-0.4, -0.2) is 11.2 Å². The summed E-state index contributed by atoms with van der Waals surface area (Å²) in [4.78, 5) is 6.91. The number of hydrogen-bond acceptors (Lipinski definition) is 1. The lowest BCUT2D eigenvalue weighted by Gasteiger charge is -1.87. The molecule has 1 N–H and O–H groups in total. The largest absolute Gasteiger partial charge is 0.360 e. The molecule has 0 saturated heterocycles. The summed E-state index contributed by atoms with van der Waals surface area (Å²) in [5, 5.41) is 0. The van der Waals surface area contributed by atoms with E-state index in [1.54, 1.807) is 12.3 Å². The van der Waals surface area contributed by atoms with E-state index in [9.17, 15) is 0 Å². The lowest BCUT2D eigenvalue weighted by molar-refractivity contribution is 1.37. The van der Waals surface area contributed by atoms with E-state index in [0.717, 1.165) is 11.3 Å². The number of aromatic nitrogens is 1. The van der Waals surface area contributed by atoms with Gasteiger partial charge in [0.1, 0.15) is 0 Å². The monoisotopic (exact) mass is 146 g/mol. The minimum atomic E-state index is 0.958. The maximum Gasteiger partial charge on any atom is 0.0639 e. The highest BCUT2D eigenvalue weighted by atomic mass is 14.7. The summed E-state index contributed by atoms with van der Waals surface area (Å²) >= 11 is 0. The van der Waals surface area contributed by atoms with Crippen LogP contribution in [0.5, 0.6) is 0 Å². The molecule has 0 saturated carbocycles. The quantitative estimate of drug-likeness (QED) is 0.633. The zero-order chi connectivity index (χ0) is 8.10. The fraction of sp³-hybridized carbons (Fsp3) is 0. The first-order chi connectivity index (χ1) is 5.38. The second kappa shape index (κ2) is 3.56. The van der Waals surface area contributed by atoms with E-state index in [1.807, 2.05) is 12.3 Å². The van der Waals surface area contributed by atoms with Crippen LogP contribution in [-0.2, 0) is 0 Å². The van der Waals surface area contributed by atoms with Crippen molar-refractivity contribution in [2.75, 3.05) is 0 Å². The molecule has 0 aromatic carbocycles. The number of rotatable bonds is 3. The summed E-state index contributed by atoms with van der Waals surface area (Å²) in [5.74, 6) is 0. The van der Waals surface area contributed by atoms with Crippen LogP contribution >= 0.6 is 0 Å². The predicted octanol–water partition coefficient (Wildman–Crippen LogP) is 2.22. The van der Waals surface area contributed by atoms with Crippen LogP contribution in [0.4, 0.5) is 0 Å². The van der Waals surface area contributed by atoms with Crippen molar-refractivity contribution in [3.8, 4) is 0 Å². The maximum atomic E-state index is 3.88. The summed E-state index contributed by atoms with van der Waals surface area (Å²) in [6.45, 7) is 7.14. The van der Waals surface area contributed by atoms with Crippen LogP contribution in [0.15, 0.2) is 36.6 Å². The number of aromatic amines is 1. The minimum Gasteiger partial charge on any atom is -0.360 e. The molecule has 0 radical (unpaired) electrons. The molecule has 56 valence electrons. The Hall–Kier alpha value is -1.57. The lowest BCUT2D eigenvalue weighted by Crippen LogP contribution is -1.81. The van der Waals surface area contributed by atoms with Gasteiger partial charge in [-0.15, -0.1) is 0 Å². The Bertz CT molecular complexity index is 282. The highest BCUT2D eigenvalue weighted by molar-refractivity contribution is 5.83. The average Bonchev–Trinajstić information content (AvgIpc) is 2.47. The summed E-state index contributed by atoms with van der Waals surface area (Å²) in [6, 6.07) is 1.94. The molecule has 0 aliphatic rings. The fourth-order valence-corrected chi connectivity index (χ4v) is 0.811. The molecule has 2 nitrogen and oxygen atoms in total. The highest BCUT2D eigenvalue weighted by Crippen LogP contribution is 2.04. The summed E-state index contributed by atoms with van der Waals surface area (Å²) in [5.41, 5.74) is 2.01. The zero-order valence-corrected chi connectivity index (χ0v) is 6.25. The molecular formula is C9H10N2. The van der Waals surface area contributed by atoms with Crippen molar-refractivity contribution >= 4 is 12.3 Å². The first-order valence-electron chi connectivity index (χ1n) is 3.32. The molecule has 0 amide bonds. The molecule has 0 unspecified atom stereocenters. The first kappa shape index (κ1) is 7.54. The second-order valence-corrected chi connectivity index (χ2v) is 2.01. The van der Waals surface area contributed by atoms with Gasteiger partial charge in [-0.25, -0.2) is 0 Å². The minimum absolute atomic E-state index is 0.958. The van der Waals surface area contributed by atoms with E-state index in [-0.39, 0.29) is 0 Å². The van der Waals surface area contributed by atoms with E-state index in [4.69, 9.17) is 0 Å². The van der Waals surface area contributed by atoms with Crippen molar-refractivity contribution in [3.05, 3.63) is 42.9 Å². The predicted molar refractivity (Wildman–Crippen MR) is 48.7 cm³/mol. The van der Waals surface area contributed by atoms with Crippen LogP contribution in [0.1, 0.15) is 11.3 Å².